The smallest absolute Gasteiger partial charge is 0.335 e. The summed E-state index contributed by atoms with van der Waals surface area (Å²) in [5, 5.41) is 9.04. The van der Waals surface area contributed by atoms with Gasteiger partial charge in [0.05, 0.1) is 16.6 Å². The number of imidazole rings is 1. The van der Waals surface area contributed by atoms with Gasteiger partial charge in [0.15, 0.2) is 0 Å². The van der Waals surface area contributed by atoms with E-state index in [1.165, 1.54) is 0 Å². The third-order valence-corrected chi connectivity index (χ3v) is 4.58. The maximum atomic E-state index is 11.0. The normalized spacial score (nSPS) is 11.3. The standard InChI is InChI=1S/C20H22N2O2/c1-3-15(4-2)19-21-17-7-5-6-8-18(17)22(19)13-14-9-11-16(12-10-14)20(23)24/h5-12,15H,3-4,13H2,1-2H3,(H,23,24). The van der Waals surface area contributed by atoms with Crippen LogP contribution in [0.2, 0.25) is 0 Å². The number of rotatable bonds is 6. The van der Waals surface area contributed by atoms with Crippen LogP contribution in [-0.4, -0.2) is 20.6 Å². The second-order valence-corrected chi connectivity index (χ2v) is 6.06. The van der Waals surface area contributed by atoms with Gasteiger partial charge in [-0.3, -0.25) is 0 Å². The van der Waals surface area contributed by atoms with E-state index < -0.39 is 5.97 Å². The number of hydrogen-bond donors (Lipinski definition) is 1. The number of carboxylic acids is 1. The zero-order valence-corrected chi connectivity index (χ0v) is 14.1. The van der Waals surface area contributed by atoms with Gasteiger partial charge in [0.2, 0.25) is 0 Å². The van der Waals surface area contributed by atoms with Gasteiger partial charge in [0.1, 0.15) is 5.82 Å². The Kier molecular flexibility index (Phi) is 4.65. The number of carbonyl (C=O) groups is 1. The van der Waals surface area contributed by atoms with Gasteiger partial charge < -0.3 is 9.67 Å². The Hall–Kier alpha value is -2.62. The summed E-state index contributed by atoms with van der Waals surface area (Å²) in [5.41, 5.74) is 3.54. The summed E-state index contributed by atoms with van der Waals surface area (Å²) >= 11 is 0. The molecule has 0 saturated carbocycles. The number of para-hydroxylation sites is 2. The molecule has 0 spiro atoms. The van der Waals surface area contributed by atoms with Gasteiger partial charge in [0, 0.05) is 12.5 Å². The minimum absolute atomic E-state index is 0.314. The molecule has 1 aromatic heterocycles. The lowest BCUT2D eigenvalue weighted by molar-refractivity contribution is 0.0697. The molecule has 3 rings (SSSR count). The third-order valence-electron chi connectivity index (χ3n) is 4.58. The first-order valence-electron chi connectivity index (χ1n) is 8.41. The predicted molar refractivity (Wildman–Crippen MR) is 95.6 cm³/mol. The summed E-state index contributed by atoms with van der Waals surface area (Å²) in [6.07, 6.45) is 2.11. The molecule has 1 heterocycles. The van der Waals surface area contributed by atoms with Gasteiger partial charge in [-0.2, -0.15) is 0 Å². The van der Waals surface area contributed by atoms with E-state index in [9.17, 15) is 4.79 Å². The van der Waals surface area contributed by atoms with Crippen molar-refractivity contribution in [2.24, 2.45) is 0 Å². The highest BCUT2D eigenvalue weighted by Crippen LogP contribution is 2.27. The molecule has 24 heavy (non-hydrogen) atoms. The molecule has 0 aliphatic rings. The van der Waals surface area contributed by atoms with E-state index in [1.54, 1.807) is 12.1 Å². The lowest BCUT2D eigenvalue weighted by Crippen LogP contribution is -2.09. The van der Waals surface area contributed by atoms with Crippen LogP contribution in [0.1, 0.15) is 54.4 Å². The van der Waals surface area contributed by atoms with Gasteiger partial charge >= 0.3 is 5.97 Å². The van der Waals surface area contributed by atoms with Crippen LogP contribution in [0.15, 0.2) is 48.5 Å². The molecule has 0 amide bonds. The van der Waals surface area contributed by atoms with Crippen LogP contribution < -0.4 is 0 Å². The molecular formula is C20H22N2O2. The molecule has 4 nitrogen and oxygen atoms in total. The first kappa shape index (κ1) is 16.2. The quantitative estimate of drug-likeness (QED) is 0.716. The second-order valence-electron chi connectivity index (χ2n) is 6.06. The molecule has 0 saturated heterocycles. The van der Waals surface area contributed by atoms with Crippen molar-refractivity contribution in [3.05, 3.63) is 65.5 Å². The summed E-state index contributed by atoms with van der Waals surface area (Å²) in [7, 11) is 0. The molecule has 4 heteroatoms. The number of aromatic carboxylic acids is 1. The second kappa shape index (κ2) is 6.87. The van der Waals surface area contributed by atoms with Crippen LogP contribution in [0.25, 0.3) is 11.0 Å². The number of hydrogen-bond acceptors (Lipinski definition) is 2. The fourth-order valence-electron chi connectivity index (χ4n) is 3.16. The molecule has 0 unspecified atom stereocenters. The van der Waals surface area contributed by atoms with Crippen molar-refractivity contribution in [3.8, 4) is 0 Å². The number of benzene rings is 2. The van der Waals surface area contributed by atoms with Crippen molar-refractivity contribution in [3.63, 3.8) is 0 Å². The van der Waals surface area contributed by atoms with Gasteiger partial charge in [0.25, 0.3) is 0 Å². The minimum Gasteiger partial charge on any atom is -0.478 e. The molecule has 0 aliphatic carbocycles. The van der Waals surface area contributed by atoms with Crippen LogP contribution in [0.3, 0.4) is 0 Å². The molecule has 2 aromatic carbocycles. The first-order chi connectivity index (χ1) is 11.6. The Morgan fingerprint density at radius 3 is 2.38 bits per heavy atom. The average molecular weight is 322 g/mol. The predicted octanol–water partition coefficient (Wildman–Crippen LogP) is 4.69. The molecule has 0 aliphatic heterocycles. The van der Waals surface area contributed by atoms with E-state index in [0.717, 1.165) is 35.3 Å². The van der Waals surface area contributed by atoms with E-state index in [4.69, 9.17) is 10.1 Å². The monoisotopic (exact) mass is 322 g/mol. The molecule has 3 aromatic rings. The molecule has 0 atom stereocenters. The number of fused-ring (bicyclic) bond motifs is 1. The van der Waals surface area contributed by atoms with Crippen LogP contribution >= 0.6 is 0 Å². The average Bonchev–Trinajstić information content (AvgIpc) is 2.95. The van der Waals surface area contributed by atoms with E-state index in [2.05, 4.69) is 24.5 Å². The molecule has 1 N–H and O–H groups in total. The maximum absolute atomic E-state index is 11.0. The molecule has 124 valence electrons. The van der Waals surface area contributed by atoms with Crippen LogP contribution in [0.4, 0.5) is 0 Å². The highest BCUT2D eigenvalue weighted by atomic mass is 16.4. The number of aromatic nitrogens is 2. The van der Waals surface area contributed by atoms with Gasteiger partial charge in [-0.1, -0.05) is 38.1 Å². The lowest BCUT2D eigenvalue weighted by Gasteiger charge is -2.16. The highest BCUT2D eigenvalue weighted by molar-refractivity contribution is 5.87. The van der Waals surface area contributed by atoms with Gasteiger partial charge in [-0.25, -0.2) is 9.78 Å². The van der Waals surface area contributed by atoms with Gasteiger partial charge in [-0.05, 0) is 42.7 Å². The third kappa shape index (κ3) is 3.04. The fraction of sp³-hybridized carbons (Fsp3) is 0.300. The fourth-order valence-corrected chi connectivity index (χ4v) is 3.16. The van der Waals surface area contributed by atoms with Crippen LogP contribution in [0.5, 0.6) is 0 Å². The summed E-state index contributed by atoms with van der Waals surface area (Å²) < 4.78 is 2.27. The van der Waals surface area contributed by atoms with Gasteiger partial charge in [-0.15, -0.1) is 0 Å². The highest BCUT2D eigenvalue weighted by Gasteiger charge is 2.17. The van der Waals surface area contributed by atoms with E-state index in [1.807, 2.05) is 30.3 Å². The van der Waals surface area contributed by atoms with E-state index in [-0.39, 0.29) is 0 Å². The molecule has 0 radical (unpaired) electrons. The lowest BCUT2D eigenvalue weighted by atomic mass is 10.0. The summed E-state index contributed by atoms with van der Waals surface area (Å²) in [6, 6.07) is 15.3. The van der Waals surface area contributed by atoms with Crippen LogP contribution in [-0.2, 0) is 6.54 Å². The summed E-state index contributed by atoms with van der Waals surface area (Å²) in [5.74, 6) is 0.645. The van der Waals surface area contributed by atoms with Crippen molar-refractivity contribution < 1.29 is 9.90 Å². The summed E-state index contributed by atoms with van der Waals surface area (Å²) in [4.78, 5) is 15.9. The molecular weight excluding hydrogens is 300 g/mol. The van der Waals surface area contributed by atoms with E-state index >= 15 is 0 Å². The first-order valence-corrected chi connectivity index (χ1v) is 8.41. The number of nitrogens with zero attached hydrogens (tertiary/aromatic N) is 2. The topological polar surface area (TPSA) is 55.1 Å². The summed E-state index contributed by atoms with van der Waals surface area (Å²) in [6.45, 7) is 5.09. The van der Waals surface area contributed by atoms with Crippen LogP contribution in [0, 0.1) is 0 Å². The van der Waals surface area contributed by atoms with Crippen molar-refractivity contribution in [1.82, 2.24) is 9.55 Å². The molecule has 0 bridgehead atoms. The molecule has 0 fully saturated rings. The largest absolute Gasteiger partial charge is 0.478 e. The van der Waals surface area contributed by atoms with Crippen molar-refractivity contribution >= 4 is 17.0 Å². The van der Waals surface area contributed by atoms with Crippen molar-refractivity contribution in [2.45, 2.75) is 39.2 Å². The Morgan fingerprint density at radius 2 is 1.75 bits per heavy atom. The maximum Gasteiger partial charge on any atom is 0.335 e. The Labute approximate surface area is 141 Å². The SMILES string of the molecule is CCC(CC)c1nc2ccccc2n1Cc1ccc(C(=O)O)cc1. The van der Waals surface area contributed by atoms with E-state index in [0.29, 0.717) is 18.0 Å². The zero-order chi connectivity index (χ0) is 17.1. The number of carboxylic acid groups (broad SMARTS) is 1. The van der Waals surface area contributed by atoms with Crippen molar-refractivity contribution in [1.29, 1.82) is 0 Å². The van der Waals surface area contributed by atoms with Crippen molar-refractivity contribution in [2.75, 3.05) is 0 Å². The Balaban J connectivity index is 2.03. The Morgan fingerprint density at radius 1 is 1.08 bits per heavy atom. The Bertz CT molecular complexity index is 846. The zero-order valence-electron chi connectivity index (χ0n) is 14.1. The minimum atomic E-state index is -0.896.